The topological polar surface area (TPSA) is 69.5 Å². The number of aromatic nitrogens is 3. The summed E-state index contributed by atoms with van der Waals surface area (Å²) >= 11 is 0. The number of fused-ring (bicyclic) bond motifs is 1. The third-order valence-electron chi connectivity index (χ3n) is 4.19. The molecule has 7 nitrogen and oxygen atoms in total. The van der Waals surface area contributed by atoms with Crippen LogP contribution in [-0.2, 0) is 27.2 Å². The maximum absolute atomic E-state index is 12.2. The fraction of sp³-hybridized carbons (Fsp3) is 0.786. The van der Waals surface area contributed by atoms with Crippen molar-refractivity contribution in [2.24, 2.45) is 5.92 Å². The van der Waals surface area contributed by atoms with Gasteiger partial charge in [0, 0.05) is 33.7 Å². The van der Waals surface area contributed by atoms with Gasteiger partial charge in [-0.1, -0.05) is 5.21 Å². The largest absolute Gasteiger partial charge is 0.382 e. The van der Waals surface area contributed by atoms with Crippen LogP contribution in [0.1, 0.15) is 30.3 Å². The van der Waals surface area contributed by atoms with Crippen molar-refractivity contribution in [1.82, 2.24) is 19.9 Å². The molecule has 21 heavy (non-hydrogen) atoms. The Bertz CT molecular complexity index is 512. The van der Waals surface area contributed by atoms with Crippen LogP contribution in [0.4, 0.5) is 0 Å². The van der Waals surface area contributed by atoms with E-state index in [1.165, 1.54) is 20.0 Å². The van der Waals surface area contributed by atoms with E-state index in [9.17, 15) is 4.79 Å². The third-order valence-corrected chi connectivity index (χ3v) is 4.19. The zero-order valence-electron chi connectivity index (χ0n) is 12.6. The van der Waals surface area contributed by atoms with Crippen LogP contribution in [-0.4, -0.2) is 59.8 Å². The Hall–Kier alpha value is -1.47. The molecule has 1 aromatic heterocycles. The van der Waals surface area contributed by atoms with Crippen LogP contribution in [0.25, 0.3) is 0 Å². The van der Waals surface area contributed by atoms with Crippen LogP contribution in [0, 0.1) is 5.92 Å². The monoisotopic (exact) mass is 294 g/mol. The van der Waals surface area contributed by atoms with Crippen molar-refractivity contribution in [2.45, 2.75) is 31.8 Å². The quantitative estimate of drug-likeness (QED) is 0.760. The molecule has 0 unspecified atom stereocenters. The first-order chi connectivity index (χ1) is 10.2. The summed E-state index contributed by atoms with van der Waals surface area (Å²) in [6, 6.07) is -0.158. The highest BCUT2D eigenvalue weighted by atomic mass is 16.5. The maximum atomic E-state index is 12.2. The van der Waals surface area contributed by atoms with Gasteiger partial charge in [-0.05, 0) is 18.8 Å². The van der Waals surface area contributed by atoms with Gasteiger partial charge in [0.15, 0.2) is 0 Å². The molecule has 0 saturated heterocycles. The lowest BCUT2D eigenvalue weighted by molar-refractivity contribution is -0.139. The van der Waals surface area contributed by atoms with E-state index in [2.05, 4.69) is 10.3 Å². The number of hydrogen-bond donors (Lipinski definition) is 0. The van der Waals surface area contributed by atoms with Gasteiger partial charge in [-0.15, -0.1) is 5.10 Å². The van der Waals surface area contributed by atoms with Gasteiger partial charge in [-0.2, -0.15) is 0 Å². The molecule has 1 saturated carbocycles. The molecular formula is C14H22N4O3. The molecule has 1 aliphatic carbocycles. The normalized spacial score (nSPS) is 21.4. The fourth-order valence-corrected chi connectivity index (χ4v) is 2.92. The molecule has 1 aromatic rings. The van der Waals surface area contributed by atoms with E-state index in [4.69, 9.17) is 9.47 Å². The van der Waals surface area contributed by atoms with Crippen LogP contribution in [0.3, 0.4) is 0 Å². The molecule has 0 spiro atoms. The standard InChI is InChI=1S/C14H22N4O3/c1-20-8-12-14-11(5-6-17(12)13(19)9-21-2)18(16-15-14)7-10-3-4-10/h10,12H,3-9H2,1-2H3/t12-/m1/s1. The summed E-state index contributed by atoms with van der Waals surface area (Å²) in [4.78, 5) is 14.0. The third kappa shape index (κ3) is 2.94. The van der Waals surface area contributed by atoms with Gasteiger partial charge in [0.25, 0.3) is 0 Å². The summed E-state index contributed by atoms with van der Waals surface area (Å²) in [6.45, 7) is 2.14. The van der Waals surface area contributed by atoms with Crippen molar-refractivity contribution in [2.75, 3.05) is 34.0 Å². The minimum absolute atomic E-state index is 0.0260. The molecule has 1 fully saturated rings. The number of carbonyl (C=O) groups is 1. The first kappa shape index (κ1) is 14.5. The lowest BCUT2D eigenvalue weighted by atomic mass is 10.0. The second-order valence-electron chi connectivity index (χ2n) is 5.79. The van der Waals surface area contributed by atoms with E-state index in [-0.39, 0.29) is 18.6 Å². The second-order valence-corrected chi connectivity index (χ2v) is 5.79. The van der Waals surface area contributed by atoms with Crippen molar-refractivity contribution >= 4 is 5.91 Å². The van der Waals surface area contributed by atoms with Gasteiger partial charge in [-0.3, -0.25) is 4.79 Å². The Balaban J connectivity index is 1.82. The maximum Gasteiger partial charge on any atom is 0.249 e. The van der Waals surface area contributed by atoms with Crippen molar-refractivity contribution in [1.29, 1.82) is 0 Å². The highest BCUT2D eigenvalue weighted by Gasteiger charge is 2.35. The highest BCUT2D eigenvalue weighted by Crippen LogP contribution is 2.33. The molecule has 2 heterocycles. The molecule has 7 heteroatoms. The summed E-state index contributed by atoms with van der Waals surface area (Å²) in [6.07, 6.45) is 3.37. The molecule has 3 rings (SSSR count). The van der Waals surface area contributed by atoms with Crippen LogP contribution in [0.5, 0.6) is 0 Å². The molecular weight excluding hydrogens is 272 g/mol. The molecule has 0 N–H and O–H groups in total. The average molecular weight is 294 g/mol. The smallest absolute Gasteiger partial charge is 0.249 e. The van der Waals surface area contributed by atoms with E-state index in [1.807, 2.05) is 4.68 Å². The number of amides is 1. The highest BCUT2D eigenvalue weighted by molar-refractivity contribution is 5.78. The van der Waals surface area contributed by atoms with E-state index in [0.29, 0.717) is 13.2 Å². The Morgan fingerprint density at radius 1 is 1.33 bits per heavy atom. The molecule has 1 amide bonds. The van der Waals surface area contributed by atoms with Crippen LogP contribution in [0.2, 0.25) is 0 Å². The van der Waals surface area contributed by atoms with Crippen LogP contribution in [0.15, 0.2) is 0 Å². The number of carbonyl (C=O) groups excluding carboxylic acids is 1. The molecule has 116 valence electrons. The molecule has 0 bridgehead atoms. The average Bonchev–Trinajstić information content (AvgIpc) is 3.19. The number of methoxy groups -OCH3 is 2. The number of rotatable bonds is 6. The summed E-state index contributed by atoms with van der Waals surface area (Å²) < 4.78 is 12.3. The predicted molar refractivity (Wildman–Crippen MR) is 74.7 cm³/mol. The summed E-state index contributed by atoms with van der Waals surface area (Å²) in [5, 5.41) is 8.62. The summed E-state index contributed by atoms with van der Waals surface area (Å²) in [5.74, 6) is 0.728. The van der Waals surface area contributed by atoms with Crippen LogP contribution < -0.4 is 0 Å². The fourth-order valence-electron chi connectivity index (χ4n) is 2.92. The van der Waals surface area contributed by atoms with Gasteiger partial charge >= 0.3 is 0 Å². The molecule has 0 radical (unpaired) electrons. The second kappa shape index (κ2) is 6.11. The Kier molecular flexibility index (Phi) is 4.21. The van der Waals surface area contributed by atoms with Crippen molar-refractivity contribution in [3.05, 3.63) is 11.4 Å². The summed E-state index contributed by atoms with van der Waals surface area (Å²) in [7, 11) is 3.17. The van der Waals surface area contributed by atoms with Crippen molar-refractivity contribution < 1.29 is 14.3 Å². The van der Waals surface area contributed by atoms with Gasteiger partial charge in [0.05, 0.1) is 12.3 Å². The Labute approximate surface area is 124 Å². The summed E-state index contributed by atoms with van der Waals surface area (Å²) in [5.41, 5.74) is 2.04. The van der Waals surface area contributed by atoms with E-state index in [0.717, 1.165) is 30.3 Å². The van der Waals surface area contributed by atoms with Crippen molar-refractivity contribution in [3.63, 3.8) is 0 Å². The van der Waals surface area contributed by atoms with Gasteiger partial charge in [-0.25, -0.2) is 4.68 Å². The minimum Gasteiger partial charge on any atom is -0.382 e. The molecule has 2 aliphatic rings. The number of nitrogens with zero attached hydrogens (tertiary/aromatic N) is 4. The first-order valence-electron chi connectivity index (χ1n) is 7.44. The van der Waals surface area contributed by atoms with E-state index in [1.54, 1.807) is 12.0 Å². The van der Waals surface area contributed by atoms with Crippen LogP contribution >= 0.6 is 0 Å². The van der Waals surface area contributed by atoms with E-state index >= 15 is 0 Å². The Morgan fingerprint density at radius 3 is 2.81 bits per heavy atom. The van der Waals surface area contributed by atoms with Crippen molar-refractivity contribution in [3.8, 4) is 0 Å². The minimum atomic E-state index is -0.158. The lowest BCUT2D eigenvalue weighted by Crippen LogP contribution is -2.44. The Morgan fingerprint density at radius 2 is 2.14 bits per heavy atom. The van der Waals surface area contributed by atoms with Gasteiger partial charge < -0.3 is 14.4 Å². The predicted octanol–water partition coefficient (Wildman–Crippen LogP) is 0.407. The number of hydrogen-bond acceptors (Lipinski definition) is 5. The zero-order chi connectivity index (χ0) is 14.8. The first-order valence-corrected chi connectivity index (χ1v) is 7.44. The lowest BCUT2D eigenvalue weighted by Gasteiger charge is -2.34. The molecule has 1 atom stereocenters. The van der Waals surface area contributed by atoms with Gasteiger partial charge in [0.2, 0.25) is 5.91 Å². The van der Waals surface area contributed by atoms with E-state index < -0.39 is 0 Å². The zero-order valence-corrected chi connectivity index (χ0v) is 12.6. The molecule has 1 aliphatic heterocycles. The van der Waals surface area contributed by atoms with Gasteiger partial charge in [0.1, 0.15) is 18.3 Å². The SMILES string of the molecule is COCC(=O)N1CCc2c(nnn2CC2CC2)[C@H]1COC. The molecule has 0 aromatic carbocycles. The number of ether oxygens (including phenoxy) is 2.